The van der Waals surface area contributed by atoms with Gasteiger partial charge in [0, 0.05) is 19.6 Å². The fourth-order valence-corrected chi connectivity index (χ4v) is 2.83. The topological polar surface area (TPSA) is 71.2 Å². The van der Waals surface area contributed by atoms with Gasteiger partial charge < -0.3 is 10.0 Å². The summed E-state index contributed by atoms with van der Waals surface area (Å²) in [4.78, 5) is 12.8. The first-order valence-corrected chi connectivity index (χ1v) is 7.08. The lowest BCUT2D eigenvalue weighted by molar-refractivity contribution is -0.133. The van der Waals surface area contributed by atoms with Crippen LogP contribution in [0, 0.1) is 0 Å². The summed E-state index contributed by atoms with van der Waals surface area (Å²) in [5, 5.41) is 17.6. The quantitative estimate of drug-likeness (QED) is 0.833. The Morgan fingerprint density at radius 1 is 1.50 bits per heavy atom. The lowest BCUT2D eigenvalue weighted by atomic mass is 10.0. The normalized spacial score (nSPS) is 20.1. The van der Waals surface area contributed by atoms with Gasteiger partial charge in [0.2, 0.25) is 5.95 Å². The van der Waals surface area contributed by atoms with E-state index in [1.54, 1.807) is 0 Å². The molecule has 6 nitrogen and oxygen atoms in total. The number of aromatic nitrogens is 3. The highest BCUT2D eigenvalue weighted by Crippen LogP contribution is 2.25. The number of carboxylic acids is 1. The molecule has 1 saturated heterocycles. The van der Waals surface area contributed by atoms with Gasteiger partial charge >= 0.3 is 5.97 Å². The minimum Gasteiger partial charge on any atom is -0.481 e. The van der Waals surface area contributed by atoms with Gasteiger partial charge in [0.05, 0.1) is 5.75 Å². The molecule has 1 aromatic rings. The standard InChI is InChI=1S/C11H18N4O2S/c1-8-5-3-4-6-15(8)10-12-13-11(14(10)2)18-7-9(16)17/h8H,3-7H2,1-2H3,(H,16,17). The second-order valence-electron chi connectivity index (χ2n) is 4.56. The molecule has 0 radical (unpaired) electrons. The summed E-state index contributed by atoms with van der Waals surface area (Å²) in [6.45, 7) is 3.19. The van der Waals surface area contributed by atoms with Crippen LogP contribution in [0.4, 0.5) is 5.95 Å². The predicted octanol–water partition coefficient (Wildman–Crippen LogP) is 1.37. The van der Waals surface area contributed by atoms with E-state index in [0.717, 1.165) is 12.5 Å². The molecular weight excluding hydrogens is 252 g/mol. The van der Waals surface area contributed by atoms with Crippen LogP contribution in [0.5, 0.6) is 0 Å². The molecule has 1 aliphatic heterocycles. The molecule has 7 heteroatoms. The summed E-state index contributed by atoms with van der Waals surface area (Å²) < 4.78 is 1.88. The first-order chi connectivity index (χ1) is 8.59. The first kappa shape index (κ1) is 13.2. The molecule has 1 N–H and O–H groups in total. The van der Waals surface area contributed by atoms with Crippen molar-refractivity contribution in [3.63, 3.8) is 0 Å². The van der Waals surface area contributed by atoms with Crippen molar-refractivity contribution in [2.75, 3.05) is 17.2 Å². The second-order valence-corrected chi connectivity index (χ2v) is 5.50. The summed E-state index contributed by atoms with van der Waals surface area (Å²) in [6.07, 6.45) is 3.61. The molecule has 100 valence electrons. The fourth-order valence-electron chi connectivity index (χ4n) is 2.20. The van der Waals surface area contributed by atoms with Gasteiger partial charge in [0.1, 0.15) is 0 Å². The van der Waals surface area contributed by atoms with Crippen molar-refractivity contribution in [2.45, 2.75) is 37.4 Å². The molecule has 1 atom stereocenters. The van der Waals surface area contributed by atoms with E-state index in [4.69, 9.17) is 5.11 Å². The average molecular weight is 270 g/mol. The van der Waals surface area contributed by atoms with Crippen molar-refractivity contribution in [1.82, 2.24) is 14.8 Å². The molecule has 0 spiro atoms. The Labute approximate surface area is 110 Å². The van der Waals surface area contributed by atoms with Gasteiger partial charge in [-0.25, -0.2) is 0 Å². The predicted molar refractivity (Wildman–Crippen MR) is 70.0 cm³/mol. The Bertz CT molecular complexity index is 435. The number of aliphatic carboxylic acids is 1. The summed E-state index contributed by atoms with van der Waals surface area (Å²) in [6, 6.07) is 0.471. The zero-order valence-electron chi connectivity index (χ0n) is 10.7. The number of rotatable bonds is 4. The summed E-state index contributed by atoms with van der Waals surface area (Å²) in [5.74, 6) is 0.0209. The smallest absolute Gasteiger partial charge is 0.313 e. The van der Waals surface area contributed by atoms with Gasteiger partial charge in [-0.15, -0.1) is 10.2 Å². The number of carbonyl (C=O) groups is 1. The molecule has 0 aliphatic carbocycles. The van der Waals surface area contributed by atoms with Crippen LogP contribution >= 0.6 is 11.8 Å². The Hall–Kier alpha value is -1.24. The first-order valence-electron chi connectivity index (χ1n) is 6.10. The van der Waals surface area contributed by atoms with Crippen LogP contribution in [-0.2, 0) is 11.8 Å². The molecule has 0 aromatic carbocycles. The molecule has 0 saturated carbocycles. The van der Waals surface area contributed by atoms with Crippen LogP contribution in [0.2, 0.25) is 0 Å². The SMILES string of the molecule is CC1CCCCN1c1nnc(SCC(=O)O)n1C. The molecule has 2 rings (SSSR count). The van der Waals surface area contributed by atoms with Gasteiger partial charge in [-0.2, -0.15) is 0 Å². The van der Waals surface area contributed by atoms with Crippen molar-refractivity contribution >= 4 is 23.7 Å². The number of thioether (sulfide) groups is 1. The van der Waals surface area contributed by atoms with Crippen molar-refractivity contribution in [1.29, 1.82) is 0 Å². The monoisotopic (exact) mass is 270 g/mol. The molecule has 1 aromatic heterocycles. The van der Waals surface area contributed by atoms with E-state index in [2.05, 4.69) is 22.0 Å². The Kier molecular flexibility index (Phi) is 4.11. The van der Waals surface area contributed by atoms with Gasteiger partial charge in [0.25, 0.3) is 0 Å². The van der Waals surface area contributed by atoms with Gasteiger partial charge in [-0.3, -0.25) is 9.36 Å². The highest BCUT2D eigenvalue weighted by atomic mass is 32.2. The third-order valence-corrected chi connectivity index (χ3v) is 4.20. The van der Waals surface area contributed by atoms with Gasteiger partial charge in [-0.05, 0) is 26.2 Å². The Balaban J connectivity index is 2.11. The van der Waals surface area contributed by atoms with Crippen LogP contribution in [-0.4, -0.2) is 44.2 Å². The summed E-state index contributed by atoms with van der Waals surface area (Å²) in [5.41, 5.74) is 0. The summed E-state index contributed by atoms with van der Waals surface area (Å²) >= 11 is 1.20. The maximum atomic E-state index is 10.6. The summed E-state index contributed by atoms with van der Waals surface area (Å²) in [7, 11) is 1.89. The van der Waals surface area contributed by atoms with Crippen LogP contribution in [0.3, 0.4) is 0 Å². The molecule has 0 bridgehead atoms. The number of anilines is 1. The minimum atomic E-state index is -0.837. The van der Waals surface area contributed by atoms with Crippen molar-refractivity contribution in [2.24, 2.45) is 7.05 Å². The van der Waals surface area contributed by atoms with Crippen LogP contribution in [0.25, 0.3) is 0 Å². The highest BCUT2D eigenvalue weighted by molar-refractivity contribution is 7.99. The van der Waals surface area contributed by atoms with Crippen molar-refractivity contribution < 1.29 is 9.90 Å². The van der Waals surface area contributed by atoms with Gasteiger partial charge in [0.15, 0.2) is 5.16 Å². The van der Waals surface area contributed by atoms with E-state index < -0.39 is 5.97 Å². The van der Waals surface area contributed by atoms with E-state index >= 15 is 0 Å². The molecule has 1 fully saturated rings. The molecule has 18 heavy (non-hydrogen) atoms. The van der Waals surface area contributed by atoms with E-state index in [1.165, 1.54) is 31.0 Å². The molecule has 1 aliphatic rings. The van der Waals surface area contributed by atoms with Crippen LogP contribution in [0.15, 0.2) is 5.16 Å². The maximum Gasteiger partial charge on any atom is 0.313 e. The van der Waals surface area contributed by atoms with E-state index in [9.17, 15) is 4.79 Å². The third kappa shape index (κ3) is 2.77. The fraction of sp³-hybridized carbons (Fsp3) is 0.727. The molecule has 0 amide bonds. The zero-order chi connectivity index (χ0) is 13.1. The van der Waals surface area contributed by atoms with Crippen molar-refractivity contribution in [3.05, 3.63) is 0 Å². The second kappa shape index (κ2) is 5.60. The lowest BCUT2D eigenvalue weighted by Gasteiger charge is -2.33. The highest BCUT2D eigenvalue weighted by Gasteiger charge is 2.23. The number of hydrogen-bond donors (Lipinski definition) is 1. The third-order valence-electron chi connectivity index (χ3n) is 3.20. The number of hydrogen-bond acceptors (Lipinski definition) is 5. The van der Waals surface area contributed by atoms with E-state index in [-0.39, 0.29) is 5.75 Å². The minimum absolute atomic E-state index is 0.0154. The Morgan fingerprint density at radius 2 is 2.28 bits per heavy atom. The van der Waals surface area contributed by atoms with E-state index in [1.807, 2.05) is 11.6 Å². The van der Waals surface area contributed by atoms with Crippen molar-refractivity contribution in [3.8, 4) is 0 Å². The average Bonchev–Trinajstić information content (AvgIpc) is 2.69. The number of piperidine rings is 1. The molecular formula is C11H18N4O2S. The van der Waals surface area contributed by atoms with E-state index in [0.29, 0.717) is 11.2 Å². The van der Waals surface area contributed by atoms with Crippen LogP contribution in [0.1, 0.15) is 26.2 Å². The maximum absolute atomic E-state index is 10.6. The Morgan fingerprint density at radius 3 is 2.94 bits per heavy atom. The van der Waals surface area contributed by atoms with Crippen LogP contribution < -0.4 is 4.90 Å². The zero-order valence-corrected chi connectivity index (χ0v) is 11.5. The number of nitrogens with zero attached hydrogens (tertiary/aromatic N) is 4. The van der Waals surface area contributed by atoms with Gasteiger partial charge in [-0.1, -0.05) is 11.8 Å². The molecule has 2 heterocycles. The molecule has 1 unspecified atom stereocenters. The largest absolute Gasteiger partial charge is 0.481 e. The lowest BCUT2D eigenvalue weighted by Crippen LogP contribution is -2.39. The number of carboxylic acid groups (broad SMARTS) is 1.